The molecule has 2 aliphatic rings. The molecule has 2 heterocycles. The summed E-state index contributed by atoms with van der Waals surface area (Å²) in [6.45, 7) is 1.33. The molecule has 0 aromatic heterocycles. The van der Waals surface area contributed by atoms with Crippen molar-refractivity contribution in [2.45, 2.75) is 19.4 Å². The average molecular weight is 381 g/mol. The van der Waals surface area contributed by atoms with Gasteiger partial charge < -0.3 is 14.4 Å². The van der Waals surface area contributed by atoms with E-state index in [1.165, 1.54) is 0 Å². The van der Waals surface area contributed by atoms with E-state index in [0.29, 0.717) is 35.6 Å². The van der Waals surface area contributed by atoms with E-state index in [-0.39, 0.29) is 12.7 Å². The van der Waals surface area contributed by atoms with Crippen LogP contribution in [0.4, 0.5) is 0 Å². The summed E-state index contributed by atoms with van der Waals surface area (Å²) in [5.41, 5.74) is 6.39. The molecule has 3 amide bonds. The zero-order chi connectivity index (χ0) is 19.5. The average Bonchev–Trinajstić information content (AvgIpc) is 3.34. The molecule has 2 N–H and O–H groups in total. The largest absolute Gasteiger partial charge is 0.454 e. The molecular weight excluding hydrogens is 362 g/mol. The number of hydrogen-bond acceptors (Lipinski definition) is 5. The van der Waals surface area contributed by atoms with Gasteiger partial charge in [0.2, 0.25) is 12.7 Å². The smallest absolute Gasteiger partial charge is 0.269 e. The van der Waals surface area contributed by atoms with E-state index < -0.39 is 11.8 Å². The summed E-state index contributed by atoms with van der Waals surface area (Å²) in [4.78, 5) is 38.2. The normalized spacial score (nSPS) is 14.9. The summed E-state index contributed by atoms with van der Waals surface area (Å²) in [5.74, 6) is 0.289. The summed E-state index contributed by atoms with van der Waals surface area (Å²) in [6.07, 6.45) is 1.44. The molecular formula is C20H19N3O5. The van der Waals surface area contributed by atoms with Crippen LogP contribution in [-0.2, 0) is 11.3 Å². The van der Waals surface area contributed by atoms with Crippen molar-refractivity contribution in [3.05, 3.63) is 59.2 Å². The standard InChI is InChI=1S/C20H19N3O5/c24-18-5-2-8-23(18)11-13-3-1-4-14(9-13)19(25)21-22-20(26)15-6-7-16-17(10-15)28-12-27-16/h1,3-4,6-7,9-10H,2,5,8,11-12H2,(H,21,25)(H,22,26). The van der Waals surface area contributed by atoms with Gasteiger partial charge in [0.1, 0.15) is 0 Å². The van der Waals surface area contributed by atoms with Crippen LogP contribution >= 0.6 is 0 Å². The van der Waals surface area contributed by atoms with Gasteiger partial charge in [-0.1, -0.05) is 12.1 Å². The van der Waals surface area contributed by atoms with E-state index in [2.05, 4.69) is 10.9 Å². The summed E-state index contributed by atoms with van der Waals surface area (Å²) in [7, 11) is 0. The fraction of sp³-hybridized carbons (Fsp3) is 0.250. The predicted molar refractivity (Wildman–Crippen MR) is 98.6 cm³/mol. The van der Waals surface area contributed by atoms with Crippen LogP contribution in [0.3, 0.4) is 0 Å². The van der Waals surface area contributed by atoms with Crippen molar-refractivity contribution in [1.29, 1.82) is 0 Å². The molecule has 1 fully saturated rings. The van der Waals surface area contributed by atoms with Gasteiger partial charge in [0, 0.05) is 30.6 Å². The number of nitrogens with one attached hydrogen (secondary N) is 2. The summed E-state index contributed by atoms with van der Waals surface area (Å²) in [6, 6.07) is 11.8. The Balaban J connectivity index is 1.36. The van der Waals surface area contributed by atoms with E-state index in [4.69, 9.17) is 9.47 Å². The molecule has 28 heavy (non-hydrogen) atoms. The quantitative estimate of drug-likeness (QED) is 0.785. The van der Waals surface area contributed by atoms with E-state index in [0.717, 1.165) is 18.5 Å². The van der Waals surface area contributed by atoms with Gasteiger partial charge in [-0.05, 0) is 42.3 Å². The third-order valence-corrected chi connectivity index (χ3v) is 4.66. The SMILES string of the molecule is O=C(NNC(=O)c1ccc2c(c1)OCO2)c1cccc(CN2CCCC2=O)c1. The Labute approximate surface area is 161 Å². The lowest BCUT2D eigenvalue weighted by Gasteiger charge is -2.16. The van der Waals surface area contributed by atoms with Gasteiger partial charge in [-0.2, -0.15) is 0 Å². The minimum absolute atomic E-state index is 0.122. The number of rotatable bonds is 4. The van der Waals surface area contributed by atoms with Crippen molar-refractivity contribution < 1.29 is 23.9 Å². The maximum absolute atomic E-state index is 12.4. The third kappa shape index (κ3) is 3.75. The predicted octanol–water partition coefficient (Wildman–Crippen LogP) is 1.61. The van der Waals surface area contributed by atoms with Gasteiger partial charge in [-0.3, -0.25) is 25.2 Å². The van der Waals surface area contributed by atoms with Crippen LogP contribution in [-0.4, -0.2) is 36.0 Å². The van der Waals surface area contributed by atoms with Gasteiger partial charge >= 0.3 is 0 Å². The van der Waals surface area contributed by atoms with Gasteiger partial charge in [-0.25, -0.2) is 0 Å². The fourth-order valence-electron chi connectivity index (χ4n) is 3.20. The molecule has 1 saturated heterocycles. The minimum Gasteiger partial charge on any atom is -0.454 e. The Morgan fingerprint density at radius 2 is 1.71 bits per heavy atom. The second kappa shape index (κ2) is 7.59. The molecule has 8 nitrogen and oxygen atoms in total. The van der Waals surface area contributed by atoms with Crippen molar-refractivity contribution >= 4 is 17.7 Å². The Hall–Kier alpha value is -3.55. The van der Waals surface area contributed by atoms with Crippen LogP contribution in [0.1, 0.15) is 39.1 Å². The first-order valence-corrected chi connectivity index (χ1v) is 8.97. The molecule has 2 aromatic rings. The van der Waals surface area contributed by atoms with Crippen molar-refractivity contribution in [2.24, 2.45) is 0 Å². The molecule has 0 bridgehead atoms. The molecule has 2 aliphatic heterocycles. The number of benzene rings is 2. The molecule has 0 atom stereocenters. The van der Waals surface area contributed by atoms with Gasteiger partial charge in [-0.15, -0.1) is 0 Å². The van der Waals surface area contributed by atoms with E-state index >= 15 is 0 Å². The molecule has 0 spiro atoms. The number of likely N-dealkylation sites (tertiary alicyclic amines) is 1. The highest BCUT2D eigenvalue weighted by atomic mass is 16.7. The minimum atomic E-state index is -0.467. The molecule has 0 unspecified atom stereocenters. The lowest BCUT2D eigenvalue weighted by molar-refractivity contribution is -0.128. The fourth-order valence-corrected chi connectivity index (χ4v) is 3.20. The lowest BCUT2D eigenvalue weighted by Crippen LogP contribution is -2.41. The van der Waals surface area contributed by atoms with Crippen molar-refractivity contribution in [2.75, 3.05) is 13.3 Å². The molecule has 8 heteroatoms. The Morgan fingerprint density at radius 1 is 0.964 bits per heavy atom. The molecule has 144 valence electrons. The molecule has 0 radical (unpaired) electrons. The Bertz CT molecular complexity index is 943. The van der Waals surface area contributed by atoms with E-state index in [9.17, 15) is 14.4 Å². The number of hydrazine groups is 1. The van der Waals surface area contributed by atoms with Crippen molar-refractivity contribution in [3.63, 3.8) is 0 Å². The van der Waals surface area contributed by atoms with Crippen LogP contribution in [0.25, 0.3) is 0 Å². The number of amides is 3. The summed E-state index contributed by atoms with van der Waals surface area (Å²) in [5, 5.41) is 0. The molecule has 0 saturated carbocycles. The Kier molecular flexibility index (Phi) is 4.84. The van der Waals surface area contributed by atoms with Crippen LogP contribution in [0.15, 0.2) is 42.5 Å². The maximum atomic E-state index is 12.4. The van der Waals surface area contributed by atoms with E-state index in [1.54, 1.807) is 41.3 Å². The molecule has 2 aromatic carbocycles. The van der Waals surface area contributed by atoms with Crippen LogP contribution in [0, 0.1) is 0 Å². The summed E-state index contributed by atoms with van der Waals surface area (Å²) < 4.78 is 10.4. The highest BCUT2D eigenvalue weighted by molar-refractivity contribution is 5.99. The number of carbonyl (C=O) groups is 3. The third-order valence-electron chi connectivity index (χ3n) is 4.66. The highest BCUT2D eigenvalue weighted by Crippen LogP contribution is 2.32. The number of fused-ring (bicyclic) bond motifs is 1. The van der Waals surface area contributed by atoms with Crippen LogP contribution in [0.2, 0.25) is 0 Å². The first-order chi connectivity index (χ1) is 13.6. The Morgan fingerprint density at radius 3 is 2.46 bits per heavy atom. The molecule has 0 aliphatic carbocycles. The number of carbonyl (C=O) groups excluding carboxylic acids is 3. The van der Waals surface area contributed by atoms with Crippen LogP contribution in [0.5, 0.6) is 11.5 Å². The van der Waals surface area contributed by atoms with Crippen molar-refractivity contribution in [1.82, 2.24) is 15.8 Å². The lowest BCUT2D eigenvalue weighted by atomic mass is 10.1. The van der Waals surface area contributed by atoms with Crippen LogP contribution < -0.4 is 20.3 Å². The molecule has 4 rings (SSSR count). The first-order valence-electron chi connectivity index (χ1n) is 8.97. The van der Waals surface area contributed by atoms with Gasteiger partial charge in [0.05, 0.1) is 0 Å². The second-order valence-corrected chi connectivity index (χ2v) is 6.60. The summed E-state index contributed by atoms with van der Waals surface area (Å²) >= 11 is 0. The number of ether oxygens (including phenoxy) is 2. The van der Waals surface area contributed by atoms with Gasteiger partial charge in [0.25, 0.3) is 11.8 Å². The topological polar surface area (TPSA) is 97.0 Å². The number of hydrogen-bond donors (Lipinski definition) is 2. The zero-order valence-corrected chi connectivity index (χ0v) is 15.1. The first kappa shape index (κ1) is 17.8. The maximum Gasteiger partial charge on any atom is 0.269 e. The monoisotopic (exact) mass is 381 g/mol. The zero-order valence-electron chi connectivity index (χ0n) is 15.1. The van der Waals surface area contributed by atoms with Gasteiger partial charge in [0.15, 0.2) is 11.5 Å². The number of nitrogens with zero attached hydrogens (tertiary/aromatic N) is 1. The second-order valence-electron chi connectivity index (χ2n) is 6.60. The van der Waals surface area contributed by atoms with E-state index in [1.807, 2.05) is 6.07 Å². The van der Waals surface area contributed by atoms with Crippen molar-refractivity contribution in [3.8, 4) is 11.5 Å². The highest BCUT2D eigenvalue weighted by Gasteiger charge is 2.20.